The number of nitrogens with one attached hydrogen (secondary N) is 2. The van der Waals surface area contributed by atoms with Crippen LogP contribution in [0, 0.1) is 0 Å². The Kier molecular flexibility index (Phi) is 6.91. The Morgan fingerprint density at radius 1 is 1.16 bits per heavy atom. The zero-order valence-electron chi connectivity index (χ0n) is 19.5. The molecule has 1 saturated heterocycles. The summed E-state index contributed by atoms with van der Waals surface area (Å²) in [6, 6.07) is 8.06. The number of hydrogen-bond acceptors (Lipinski definition) is 6. The van der Waals surface area contributed by atoms with Gasteiger partial charge < -0.3 is 20.3 Å². The zero-order valence-corrected chi connectivity index (χ0v) is 19.5. The lowest BCUT2D eigenvalue weighted by molar-refractivity contribution is 0.0982. The Bertz CT molecular complexity index is 948. The lowest BCUT2D eigenvalue weighted by atomic mass is 9.97. The van der Waals surface area contributed by atoms with E-state index in [2.05, 4.69) is 41.2 Å². The van der Waals surface area contributed by atoms with Crippen molar-refractivity contribution in [2.45, 2.75) is 46.2 Å². The number of anilines is 2. The van der Waals surface area contributed by atoms with Gasteiger partial charge in [0.15, 0.2) is 5.82 Å². The number of urea groups is 1. The van der Waals surface area contributed by atoms with Crippen LogP contribution in [0.2, 0.25) is 0 Å². The third-order valence-electron chi connectivity index (χ3n) is 6.39. The first kappa shape index (κ1) is 22.5. The van der Waals surface area contributed by atoms with Crippen LogP contribution < -0.4 is 15.5 Å². The first-order valence-corrected chi connectivity index (χ1v) is 11.7. The topological polar surface area (TPSA) is 82.6 Å². The molecule has 2 atom stereocenters. The second kappa shape index (κ2) is 9.83. The van der Waals surface area contributed by atoms with Crippen LogP contribution in [0.3, 0.4) is 0 Å². The largest absolute Gasteiger partial charge is 0.377 e. The average Bonchev–Trinajstić information content (AvgIpc) is 2.80. The van der Waals surface area contributed by atoms with Crippen LogP contribution in [0.1, 0.15) is 45.0 Å². The van der Waals surface area contributed by atoms with Gasteiger partial charge in [-0.15, -0.1) is 0 Å². The van der Waals surface area contributed by atoms with Crippen LogP contribution in [0.25, 0.3) is 11.4 Å². The van der Waals surface area contributed by atoms with E-state index in [0.29, 0.717) is 13.2 Å². The van der Waals surface area contributed by atoms with Crippen LogP contribution in [-0.4, -0.2) is 66.3 Å². The van der Waals surface area contributed by atoms with Gasteiger partial charge in [-0.2, -0.15) is 0 Å². The molecule has 32 heavy (non-hydrogen) atoms. The van der Waals surface area contributed by atoms with E-state index < -0.39 is 0 Å². The summed E-state index contributed by atoms with van der Waals surface area (Å²) in [4.78, 5) is 26.8. The Balaban J connectivity index is 1.71. The molecule has 3 heterocycles. The molecule has 0 bridgehead atoms. The number of nitrogens with zero attached hydrogens (tertiary/aromatic N) is 4. The molecule has 2 unspecified atom stereocenters. The third kappa shape index (κ3) is 4.56. The molecule has 1 fully saturated rings. The number of fused-ring (bicyclic) bond motifs is 1. The third-order valence-corrected chi connectivity index (χ3v) is 6.39. The molecule has 1 aromatic carbocycles. The van der Waals surface area contributed by atoms with Crippen molar-refractivity contribution in [1.82, 2.24) is 20.2 Å². The monoisotopic (exact) mass is 438 g/mol. The van der Waals surface area contributed by atoms with E-state index in [9.17, 15) is 4.79 Å². The number of aromatic nitrogens is 2. The summed E-state index contributed by atoms with van der Waals surface area (Å²) >= 11 is 0. The molecule has 2 aromatic rings. The Morgan fingerprint density at radius 2 is 1.94 bits per heavy atom. The summed E-state index contributed by atoms with van der Waals surface area (Å²) in [6.07, 6.45) is 0.961. The number of morpholine rings is 1. The highest BCUT2D eigenvalue weighted by atomic mass is 16.5. The molecular formula is C24H34N6O2. The minimum atomic E-state index is -0.206. The van der Waals surface area contributed by atoms with Crippen molar-refractivity contribution in [2.75, 3.05) is 49.6 Å². The van der Waals surface area contributed by atoms with Gasteiger partial charge in [0.25, 0.3) is 0 Å². The second-order valence-corrected chi connectivity index (χ2v) is 8.47. The molecule has 2 N–H and O–H groups in total. The predicted octanol–water partition coefficient (Wildman–Crippen LogP) is 3.45. The number of rotatable bonds is 5. The van der Waals surface area contributed by atoms with Gasteiger partial charge in [-0.05, 0) is 58.0 Å². The molecule has 4 rings (SSSR count). The maximum Gasteiger partial charge on any atom is 0.319 e. The quantitative estimate of drug-likeness (QED) is 0.744. The number of hydrogen-bond donors (Lipinski definition) is 2. The lowest BCUT2D eigenvalue weighted by Gasteiger charge is -2.39. The molecule has 0 saturated carbocycles. The van der Waals surface area contributed by atoms with Crippen molar-refractivity contribution in [3.8, 4) is 11.4 Å². The van der Waals surface area contributed by atoms with E-state index in [-0.39, 0.29) is 18.1 Å². The lowest BCUT2D eigenvalue weighted by Crippen LogP contribution is -2.45. The maximum atomic E-state index is 11.8. The van der Waals surface area contributed by atoms with E-state index in [1.807, 2.05) is 31.2 Å². The van der Waals surface area contributed by atoms with Gasteiger partial charge in [-0.25, -0.2) is 14.8 Å². The van der Waals surface area contributed by atoms with Gasteiger partial charge in [0.2, 0.25) is 0 Å². The number of benzene rings is 1. The van der Waals surface area contributed by atoms with E-state index >= 15 is 0 Å². The van der Waals surface area contributed by atoms with Crippen LogP contribution >= 0.6 is 0 Å². The number of carbonyl (C=O) groups is 1. The highest BCUT2D eigenvalue weighted by molar-refractivity contribution is 5.89. The van der Waals surface area contributed by atoms with E-state index in [0.717, 1.165) is 61.2 Å². The average molecular weight is 439 g/mol. The molecule has 8 nitrogen and oxygen atoms in total. The molecule has 2 aliphatic rings. The second-order valence-electron chi connectivity index (χ2n) is 8.47. The van der Waals surface area contributed by atoms with Gasteiger partial charge in [-0.1, -0.05) is 6.92 Å². The molecule has 0 spiro atoms. The van der Waals surface area contributed by atoms with Crippen molar-refractivity contribution in [1.29, 1.82) is 0 Å². The predicted molar refractivity (Wildman–Crippen MR) is 127 cm³/mol. The molecule has 1 aromatic heterocycles. The number of carbonyl (C=O) groups excluding carboxylic acids is 1. The van der Waals surface area contributed by atoms with Crippen LogP contribution in [0.15, 0.2) is 24.3 Å². The molecule has 0 aliphatic carbocycles. The Hall–Kier alpha value is -2.71. The normalized spacial score (nSPS) is 21.2. The van der Waals surface area contributed by atoms with Crippen molar-refractivity contribution in [3.63, 3.8) is 0 Å². The minimum Gasteiger partial charge on any atom is -0.377 e. The first-order valence-electron chi connectivity index (χ1n) is 11.7. The maximum absolute atomic E-state index is 11.8. The molecule has 172 valence electrons. The summed E-state index contributed by atoms with van der Waals surface area (Å²) in [5, 5.41) is 5.58. The highest BCUT2D eigenvalue weighted by Crippen LogP contribution is 2.36. The van der Waals surface area contributed by atoms with Crippen LogP contribution in [0.5, 0.6) is 0 Å². The summed E-state index contributed by atoms with van der Waals surface area (Å²) in [6.45, 7) is 13.4. The first-order chi connectivity index (χ1) is 15.5. The summed E-state index contributed by atoms with van der Waals surface area (Å²) in [5.74, 6) is 1.78. The Morgan fingerprint density at radius 3 is 2.62 bits per heavy atom. The van der Waals surface area contributed by atoms with Crippen molar-refractivity contribution in [2.24, 2.45) is 0 Å². The Labute approximate surface area is 190 Å². The number of likely N-dealkylation sites (N-methyl/N-ethyl adjacent to an activating group) is 1. The number of ether oxygens (including phenoxy) is 1. The molecule has 2 amide bonds. The van der Waals surface area contributed by atoms with Crippen LogP contribution in [0.4, 0.5) is 16.3 Å². The van der Waals surface area contributed by atoms with E-state index in [4.69, 9.17) is 14.7 Å². The van der Waals surface area contributed by atoms with Crippen molar-refractivity contribution < 1.29 is 9.53 Å². The minimum absolute atomic E-state index is 0.206. The molecule has 8 heteroatoms. The van der Waals surface area contributed by atoms with E-state index in [1.54, 1.807) is 0 Å². The summed E-state index contributed by atoms with van der Waals surface area (Å²) in [5.41, 5.74) is 4.08. The van der Waals surface area contributed by atoms with Crippen molar-refractivity contribution >= 4 is 17.5 Å². The molecular weight excluding hydrogens is 404 g/mol. The van der Waals surface area contributed by atoms with Gasteiger partial charge >= 0.3 is 6.03 Å². The van der Waals surface area contributed by atoms with Crippen molar-refractivity contribution in [3.05, 3.63) is 35.5 Å². The summed E-state index contributed by atoms with van der Waals surface area (Å²) in [7, 11) is 0. The van der Waals surface area contributed by atoms with E-state index in [1.165, 1.54) is 5.56 Å². The molecule has 2 aliphatic heterocycles. The highest BCUT2D eigenvalue weighted by Gasteiger charge is 2.31. The standard InChI is InChI=1S/C24H34N6O2/c1-5-25-24(31)26-19-9-7-18(8-10-19)22-27-21-17(4)29(6-2)12-11-20(21)23(28-22)30-13-14-32-15-16(30)3/h7-10,16-17H,5-6,11-15H2,1-4H3,(H2,25,26,31). The SMILES string of the molecule is CCNC(=O)Nc1ccc(-c2nc3c(c(N4CCOCC4C)n2)CCN(CC)C3C)cc1. The van der Waals surface area contributed by atoms with Gasteiger partial charge in [0, 0.05) is 42.5 Å². The summed E-state index contributed by atoms with van der Waals surface area (Å²) < 4.78 is 5.68. The fourth-order valence-electron chi connectivity index (χ4n) is 4.58. The fourth-order valence-corrected chi connectivity index (χ4v) is 4.58. The van der Waals surface area contributed by atoms with Gasteiger partial charge in [-0.3, -0.25) is 4.90 Å². The van der Waals surface area contributed by atoms with Crippen LogP contribution in [-0.2, 0) is 11.2 Å². The zero-order chi connectivity index (χ0) is 22.7. The molecule has 0 radical (unpaired) electrons. The van der Waals surface area contributed by atoms with Gasteiger partial charge in [0.1, 0.15) is 5.82 Å². The number of amides is 2. The smallest absolute Gasteiger partial charge is 0.319 e. The fraction of sp³-hybridized carbons (Fsp3) is 0.542. The van der Waals surface area contributed by atoms with Gasteiger partial charge in [0.05, 0.1) is 24.9 Å².